The zero-order valence-electron chi connectivity index (χ0n) is 8.66. The Hall–Kier alpha value is 0.267. The average Bonchev–Trinajstić information content (AvgIpc) is 2.19. The van der Waals surface area contributed by atoms with E-state index in [0.717, 1.165) is 0 Å². The second-order valence-electron chi connectivity index (χ2n) is 3.32. The molecule has 0 atom stereocenters. The molecule has 0 spiro atoms. The molecular weight excluding hydrogens is 265 g/mol. The Labute approximate surface area is 96.6 Å². The molecule has 0 aromatic heterocycles. The molecule has 0 N–H and O–H groups in total. The third kappa shape index (κ3) is 3.88. The van der Waals surface area contributed by atoms with Crippen molar-refractivity contribution >= 4 is 5.69 Å². The van der Waals surface area contributed by atoms with E-state index in [1.54, 1.807) is 0 Å². The van der Waals surface area contributed by atoms with Crippen LogP contribution in [0.3, 0.4) is 0 Å². The maximum atomic E-state index is 2.82. The van der Waals surface area contributed by atoms with Crippen molar-refractivity contribution in [2.75, 3.05) is 2.39 Å². The minimum absolute atomic E-state index is 0.379. The van der Waals surface area contributed by atoms with Crippen LogP contribution in [0, 0.1) is 0 Å². The van der Waals surface area contributed by atoms with Crippen molar-refractivity contribution in [1.82, 2.24) is 0 Å². The molecule has 0 saturated carbocycles. The first-order valence-corrected chi connectivity index (χ1v) is 12.0. The quantitative estimate of drug-likeness (QED) is 0.747. The second-order valence-corrected chi connectivity index (χ2v) is 16.5. The molecule has 1 aromatic carbocycles. The van der Waals surface area contributed by atoms with Crippen molar-refractivity contribution < 1.29 is 34.7 Å². The summed E-state index contributed by atoms with van der Waals surface area (Å²) in [6.45, 7) is 4.68. The van der Waals surface area contributed by atoms with Crippen LogP contribution in [0.1, 0.15) is 13.8 Å². The van der Waals surface area contributed by atoms with Gasteiger partial charge in [-0.3, -0.25) is 0 Å². The van der Waals surface area contributed by atoms with Gasteiger partial charge in [0.15, 0.2) is 0 Å². The predicted octanol–water partition coefficient (Wildman–Crippen LogP) is 3.36. The van der Waals surface area contributed by atoms with Gasteiger partial charge in [-0.05, 0) is 0 Å². The normalized spacial score (nSPS) is 8.77. The van der Waals surface area contributed by atoms with E-state index in [-0.39, 0.29) is 34.7 Å². The third-order valence-corrected chi connectivity index (χ3v) is 14.7. The molecule has 1 aromatic rings. The van der Waals surface area contributed by atoms with Gasteiger partial charge in [0, 0.05) is 0 Å². The van der Waals surface area contributed by atoms with Crippen molar-refractivity contribution in [3.05, 3.63) is 30.3 Å². The fourth-order valence-corrected chi connectivity index (χ4v) is 15.6. The van der Waals surface area contributed by atoms with Crippen LogP contribution in [0.4, 0.5) is 5.69 Å². The predicted molar refractivity (Wildman–Crippen MR) is 49.9 cm³/mol. The second kappa shape index (κ2) is 6.68. The monoisotopic (exact) mass is 277 g/mol. The Bertz CT molecular complexity index is 220. The van der Waals surface area contributed by atoms with Crippen LogP contribution >= 0.6 is 0 Å². The van der Waals surface area contributed by atoms with Gasteiger partial charge in [-0.2, -0.15) is 0 Å². The van der Waals surface area contributed by atoms with Crippen LogP contribution in [0.2, 0.25) is 10.0 Å². The van der Waals surface area contributed by atoms with Crippen molar-refractivity contribution in [2.45, 2.75) is 23.9 Å². The van der Waals surface area contributed by atoms with Crippen LogP contribution in [-0.4, -0.2) is 0 Å². The summed E-state index contributed by atoms with van der Waals surface area (Å²) < 4.78 is 2.82. The topological polar surface area (TPSA) is 3.24 Å². The molecule has 3 heteroatoms. The Morgan fingerprint density at radius 3 is 2.00 bits per heavy atom. The number of hydrogen-bond donors (Lipinski definition) is 0. The van der Waals surface area contributed by atoms with Crippen LogP contribution in [0.5, 0.6) is 0 Å². The number of rotatable bonds is 5. The van der Waals surface area contributed by atoms with Crippen molar-refractivity contribution in [3.8, 4) is 0 Å². The van der Waals surface area contributed by atoms with Crippen LogP contribution in [0.25, 0.3) is 0 Å². The van der Waals surface area contributed by atoms with Crippen molar-refractivity contribution in [3.63, 3.8) is 0 Å². The maximum absolute atomic E-state index is 2.82. The van der Waals surface area contributed by atoms with Gasteiger partial charge in [0.25, 0.3) is 0 Å². The zero-order valence-corrected chi connectivity index (χ0v) is 14.6. The summed E-state index contributed by atoms with van der Waals surface area (Å²) >= 11 is -0.757. The molecule has 1 rings (SSSR count). The standard InChI is InChI=1S/C6H5N.2C2H5.2Zn/c7-6-4-2-1-3-5-6;2*1-2;;/h1-5H;2*1H2,2H3;;. The summed E-state index contributed by atoms with van der Waals surface area (Å²) in [6, 6.07) is 11.0. The van der Waals surface area contributed by atoms with E-state index in [1.165, 1.54) is 15.7 Å². The Morgan fingerprint density at radius 2 is 1.54 bits per heavy atom. The number of anilines is 1. The van der Waals surface area contributed by atoms with E-state index in [0.29, 0.717) is 0 Å². The fourth-order valence-electron chi connectivity index (χ4n) is 1.55. The van der Waals surface area contributed by atoms with E-state index < -0.39 is 0 Å². The first-order valence-electron chi connectivity index (χ1n) is 5.18. The van der Waals surface area contributed by atoms with Gasteiger partial charge < -0.3 is 0 Å². The van der Waals surface area contributed by atoms with E-state index >= 15 is 0 Å². The number of hydrogen-bond acceptors (Lipinski definition) is 1. The SMILES string of the molecule is C[CH2][Zn][N]([Zn][CH2]C)c1ccccc1. The molecule has 0 radical (unpaired) electrons. The summed E-state index contributed by atoms with van der Waals surface area (Å²) in [5, 5.41) is 2.90. The molecule has 0 bridgehead atoms. The van der Waals surface area contributed by atoms with Crippen LogP contribution < -0.4 is 2.39 Å². The van der Waals surface area contributed by atoms with E-state index in [9.17, 15) is 0 Å². The molecule has 0 aliphatic rings. The van der Waals surface area contributed by atoms with Crippen LogP contribution in [-0.2, 0) is 34.7 Å². The molecule has 0 aliphatic carbocycles. The van der Waals surface area contributed by atoms with Gasteiger partial charge in [0.2, 0.25) is 0 Å². The van der Waals surface area contributed by atoms with Gasteiger partial charge in [0.1, 0.15) is 0 Å². The van der Waals surface area contributed by atoms with E-state index in [1.807, 2.05) is 0 Å². The van der Waals surface area contributed by atoms with Gasteiger partial charge >= 0.3 is 97.0 Å². The Morgan fingerprint density at radius 1 is 1.00 bits per heavy atom. The van der Waals surface area contributed by atoms with Gasteiger partial charge in [-0.1, -0.05) is 0 Å². The van der Waals surface area contributed by atoms with Gasteiger partial charge in [0.05, 0.1) is 0 Å². The molecule has 0 heterocycles. The first kappa shape index (κ1) is 11.3. The summed E-state index contributed by atoms with van der Waals surface area (Å²) in [4.78, 5) is 0. The number of benzene rings is 1. The molecule has 0 fully saturated rings. The van der Waals surface area contributed by atoms with Crippen molar-refractivity contribution in [1.29, 1.82) is 0 Å². The fraction of sp³-hybridized carbons (Fsp3) is 0.400. The third-order valence-electron chi connectivity index (χ3n) is 2.11. The Kier molecular flexibility index (Phi) is 5.83. The zero-order chi connectivity index (χ0) is 9.52. The molecule has 0 amide bonds. The van der Waals surface area contributed by atoms with E-state index in [4.69, 9.17) is 0 Å². The molecule has 0 saturated heterocycles. The molecule has 1 nitrogen and oxygen atoms in total. The molecular formula is C10H15NZn2. The minimum atomic E-state index is -0.379. The molecule has 64 valence electrons. The molecule has 0 unspecified atom stereocenters. The molecule has 0 aliphatic heterocycles. The number of para-hydroxylation sites is 1. The van der Waals surface area contributed by atoms with E-state index in [2.05, 4.69) is 46.6 Å². The summed E-state index contributed by atoms with van der Waals surface area (Å²) in [5.74, 6) is 0. The van der Waals surface area contributed by atoms with Crippen molar-refractivity contribution in [2.24, 2.45) is 0 Å². The summed E-state index contributed by atoms with van der Waals surface area (Å²) in [6.07, 6.45) is 0. The van der Waals surface area contributed by atoms with Crippen LogP contribution in [0.15, 0.2) is 30.3 Å². The van der Waals surface area contributed by atoms with Gasteiger partial charge in [-0.15, -0.1) is 0 Å². The van der Waals surface area contributed by atoms with Gasteiger partial charge in [-0.25, -0.2) is 0 Å². The number of nitrogens with zero attached hydrogens (tertiary/aromatic N) is 1. The summed E-state index contributed by atoms with van der Waals surface area (Å²) in [7, 11) is 0. The summed E-state index contributed by atoms with van der Waals surface area (Å²) in [5.41, 5.74) is 1.52. The molecule has 13 heavy (non-hydrogen) atoms. The Balaban J connectivity index is 2.64. The average molecular weight is 280 g/mol. The first-order chi connectivity index (χ1) is 6.38.